The molecule has 3 rings (SSSR count). The molecule has 0 spiro atoms. The van der Waals surface area contributed by atoms with Crippen LogP contribution in [0.4, 0.5) is 0 Å². The Morgan fingerprint density at radius 2 is 1.95 bits per heavy atom. The van der Waals surface area contributed by atoms with Gasteiger partial charge in [0.2, 0.25) is 0 Å². The molecule has 1 aromatic carbocycles. The quantitative estimate of drug-likeness (QED) is 0.770. The van der Waals surface area contributed by atoms with Crippen LogP contribution in [0.5, 0.6) is 0 Å². The summed E-state index contributed by atoms with van der Waals surface area (Å²) in [7, 11) is 0. The van der Waals surface area contributed by atoms with Gasteiger partial charge in [0.15, 0.2) is 0 Å². The number of nitrogens with zero attached hydrogens (tertiary/aromatic N) is 2. The topological polar surface area (TPSA) is 29.9 Å². The monoisotopic (exact) mass is 269 g/mol. The lowest BCUT2D eigenvalue weighted by Crippen LogP contribution is -2.12. The molecular formula is C15H15N3S. The number of hydrogen-bond donors (Lipinski definition) is 1. The molecule has 2 heterocycles. The number of thiophene rings is 1. The SMILES string of the molecule is c1ccc(-n2ccc(CNCc3ccsc3)n2)cc1. The van der Waals surface area contributed by atoms with E-state index in [0.29, 0.717) is 0 Å². The summed E-state index contributed by atoms with van der Waals surface area (Å²) in [6, 6.07) is 14.3. The highest BCUT2D eigenvalue weighted by atomic mass is 32.1. The summed E-state index contributed by atoms with van der Waals surface area (Å²) in [6.07, 6.45) is 2.00. The summed E-state index contributed by atoms with van der Waals surface area (Å²) >= 11 is 1.73. The molecule has 0 bridgehead atoms. The second-order valence-corrected chi connectivity index (χ2v) is 5.10. The van der Waals surface area contributed by atoms with E-state index in [9.17, 15) is 0 Å². The van der Waals surface area contributed by atoms with Crippen LogP contribution in [0.1, 0.15) is 11.3 Å². The van der Waals surface area contributed by atoms with Crippen molar-refractivity contribution in [2.75, 3.05) is 0 Å². The number of benzene rings is 1. The summed E-state index contributed by atoms with van der Waals surface area (Å²) in [5, 5.41) is 12.2. The first-order valence-electron chi connectivity index (χ1n) is 6.23. The number of aromatic nitrogens is 2. The molecule has 0 saturated carbocycles. The van der Waals surface area contributed by atoms with Crippen molar-refractivity contribution in [3.05, 3.63) is 70.7 Å². The van der Waals surface area contributed by atoms with Crippen LogP contribution >= 0.6 is 11.3 Å². The third-order valence-electron chi connectivity index (χ3n) is 2.88. The van der Waals surface area contributed by atoms with E-state index in [1.807, 2.05) is 35.1 Å². The zero-order chi connectivity index (χ0) is 12.9. The molecule has 2 aromatic heterocycles. The van der Waals surface area contributed by atoms with Gasteiger partial charge in [-0.15, -0.1) is 0 Å². The fourth-order valence-corrected chi connectivity index (χ4v) is 2.58. The highest BCUT2D eigenvalue weighted by Gasteiger charge is 2.00. The Kier molecular flexibility index (Phi) is 3.72. The number of hydrogen-bond acceptors (Lipinski definition) is 3. The van der Waals surface area contributed by atoms with E-state index in [-0.39, 0.29) is 0 Å². The van der Waals surface area contributed by atoms with Crippen molar-refractivity contribution in [3.8, 4) is 5.69 Å². The number of rotatable bonds is 5. The summed E-state index contributed by atoms with van der Waals surface area (Å²) in [6.45, 7) is 1.68. The minimum atomic E-state index is 0.787. The molecule has 4 heteroatoms. The fourth-order valence-electron chi connectivity index (χ4n) is 1.91. The standard InChI is InChI=1S/C15H15N3S/c1-2-4-15(5-3-1)18-8-6-14(17-18)11-16-10-13-7-9-19-12-13/h1-9,12,16H,10-11H2. The summed E-state index contributed by atoms with van der Waals surface area (Å²) < 4.78 is 1.90. The van der Waals surface area contributed by atoms with Gasteiger partial charge in [0, 0.05) is 19.3 Å². The summed E-state index contributed by atoms with van der Waals surface area (Å²) in [5.74, 6) is 0. The van der Waals surface area contributed by atoms with Gasteiger partial charge in [-0.05, 0) is 40.6 Å². The largest absolute Gasteiger partial charge is 0.307 e. The first-order chi connectivity index (χ1) is 9.42. The molecule has 1 N–H and O–H groups in total. The van der Waals surface area contributed by atoms with Gasteiger partial charge in [0.25, 0.3) is 0 Å². The molecule has 0 fully saturated rings. The highest BCUT2D eigenvalue weighted by molar-refractivity contribution is 7.07. The van der Waals surface area contributed by atoms with Crippen molar-refractivity contribution in [2.45, 2.75) is 13.1 Å². The van der Waals surface area contributed by atoms with Gasteiger partial charge in [-0.3, -0.25) is 0 Å². The Morgan fingerprint density at radius 3 is 2.74 bits per heavy atom. The first-order valence-corrected chi connectivity index (χ1v) is 7.18. The molecule has 96 valence electrons. The lowest BCUT2D eigenvalue weighted by molar-refractivity contribution is 0.671. The molecule has 0 aliphatic carbocycles. The molecule has 0 atom stereocenters. The molecule has 0 unspecified atom stereocenters. The van der Waals surface area contributed by atoms with Gasteiger partial charge in [-0.1, -0.05) is 18.2 Å². The minimum absolute atomic E-state index is 0.787. The van der Waals surface area contributed by atoms with Crippen molar-refractivity contribution in [3.63, 3.8) is 0 Å². The minimum Gasteiger partial charge on any atom is -0.307 e. The lowest BCUT2D eigenvalue weighted by Gasteiger charge is -2.01. The summed E-state index contributed by atoms with van der Waals surface area (Å²) in [4.78, 5) is 0. The van der Waals surface area contributed by atoms with E-state index in [1.165, 1.54) is 5.56 Å². The van der Waals surface area contributed by atoms with Gasteiger partial charge < -0.3 is 5.32 Å². The van der Waals surface area contributed by atoms with E-state index in [2.05, 4.69) is 39.4 Å². The summed E-state index contributed by atoms with van der Waals surface area (Å²) in [5.41, 5.74) is 3.47. The molecular weight excluding hydrogens is 254 g/mol. The first kappa shape index (κ1) is 12.1. The molecule has 0 amide bonds. The van der Waals surface area contributed by atoms with E-state index in [1.54, 1.807) is 11.3 Å². The van der Waals surface area contributed by atoms with E-state index in [4.69, 9.17) is 0 Å². The van der Waals surface area contributed by atoms with Crippen LogP contribution in [0.3, 0.4) is 0 Å². The second-order valence-electron chi connectivity index (χ2n) is 4.32. The maximum atomic E-state index is 4.56. The van der Waals surface area contributed by atoms with Gasteiger partial charge in [-0.2, -0.15) is 16.4 Å². The van der Waals surface area contributed by atoms with Gasteiger partial charge in [0.1, 0.15) is 0 Å². The molecule has 0 aliphatic rings. The predicted molar refractivity (Wildman–Crippen MR) is 78.4 cm³/mol. The van der Waals surface area contributed by atoms with E-state index in [0.717, 1.165) is 24.5 Å². The molecule has 3 nitrogen and oxygen atoms in total. The second kappa shape index (κ2) is 5.82. The molecule has 0 radical (unpaired) electrons. The van der Waals surface area contributed by atoms with Crippen LogP contribution in [-0.2, 0) is 13.1 Å². The molecule has 19 heavy (non-hydrogen) atoms. The Labute approximate surface area is 116 Å². The maximum Gasteiger partial charge on any atom is 0.0766 e. The number of nitrogens with one attached hydrogen (secondary N) is 1. The van der Waals surface area contributed by atoms with Crippen molar-refractivity contribution in [2.24, 2.45) is 0 Å². The Balaban J connectivity index is 1.59. The van der Waals surface area contributed by atoms with Crippen molar-refractivity contribution < 1.29 is 0 Å². The van der Waals surface area contributed by atoms with Crippen LogP contribution in [0.2, 0.25) is 0 Å². The zero-order valence-electron chi connectivity index (χ0n) is 10.5. The molecule has 3 aromatic rings. The average molecular weight is 269 g/mol. The Hall–Kier alpha value is -1.91. The van der Waals surface area contributed by atoms with Crippen LogP contribution in [-0.4, -0.2) is 9.78 Å². The van der Waals surface area contributed by atoms with Gasteiger partial charge in [-0.25, -0.2) is 4.68 Å². The van der Waals surface area contributed by atoms with Crippen molar-refractivity contribution in [1.29, 1.82) is 0 Å². The van der Waals surface area contributed by atoms with Crippen LogP contribution in [0.15, 0.2) is 59.4 Å². The maximum absolute atomic E-state index is 4.56. The average Bonchev–Trinajstić information content (AvgIpc) is 3.11. The number of para-hydroxylation sites is 1. The molecule has 0 saturated heterocycles. The lowest BCUT2D eigenvalue weighted by atomic mass is 10.3. The fraction of sp³-hybridized carbons (Fsp3) is 0.133. The van der Waals surface area contributed by atoms with Crippen molar-refractivity contribution >= 4 is 11.3 Å². The van der Waals surface area contributed by atoms with Crippen LogP contribution < -0.4 is 5.32 Å². The smallest absolute Gasteiger partial charge is 0.0766 e. The van der Waals surface area contributed by atoms with Gasteiger partial charge >= 0.3 is 0 Å². The highest BCUT2D eigenvalue weighted by Crippen LogP contribution is 2.08. The third kappa shape index (κ3) is 3.10. The molecule has 0 aliphatic heterocycles. The van der Waals surface area contributed by atoms with E-state index >= 15 is 0 Å². The zero-order valence-corrected chi connectivity index (χ0v) is 11.3. The van der Waals surface area contributed by atoms with Gasteiger partial charge in [0.05, 0.1) is 11.4 Å². The predicted octanol–water partition coefficient (Wildman–Crippen LogP) is 3.22. The van der Waals surface area contributed by atoms with Crippen LogP contribution in [0.25, 0.3) is 5.69 Å². The Morgan fingerprint density at radius 1 is 1.05 bits per heavy atom. The van der Waals surface area contributed by atoms with Crippen LogP contribution in [0, 0.1) is 0 Å². The van der Waals surface area contributed by atoms with E-state index < -0.39 is 0 Å². The third-order valence-corrected chi connectivity index (χ3v) is 3.61. The van der Waals surface area contributed by atoms with Crippen molar-refractivity contribution in [1.82, 2.24) is 15.1 Å². The normalized spacial score (nSPS) is 10.7. The Bertz CT molecular complexity index is 614.